The molecule has 0 fully saturated rings. The SMILES string of the molecule is CCC(C)NC(=O)C(Cc1ccccc1)N(Cc1ccccc1Cl)C(=O)COc1ccccc1OC. The average Bonchev–Trinajstić information content (AvgIpc) is 2.90. The van der Waals surface area contributed by atoms with Crippen LogP contribution in [-0.2, 0) is 22.6 Å². The molecule has 3 aromatic rings. The van der Waals surface area contributed by atoms with Crippen LogP contribution in [0.1, 0.15) is 31.4 Å². The van der Waals surface area contributed by atoms with Crippen LogP contribution >= 0.6 is 11.6 Å². The van der Waals surface area contributed by atoms with Gasteiger partial charge in [0.1, 0.15) is 6.04 Å². The molecule has 0 aliphatic heterocycles. The minimum Gasteiger partial charge on any atom is -0.493 e. The number of amides is 2. The highest BCUT2D eigenvalue weighted by atomic mass is 35.5. The van der Waals surface area contributed by atoms with Crippen molar-refractivity contribution in [2.45, 2.75) is 45.3 Å². The monoisotopic (exact) mass is 508 g/mol. The first-order valence-electron chi connectivity index (χ1n) is 12.1. The normalized spacial score (nSPS) is 12.3. The van der Waals surface area contributed by atoms with E-state index < -0.39 is 6.04 Å². The first-order valence-corrected chi connectivity index (χ1v) is 12.4. The van der Waals surface area contributed by atoms with Crippen LogP contribution in [0.3, 0.4) is 0 Å². The lowest BCUT2D eigenvalue weighted by Gasteiger charge is -2.32. The van der Waals surface area contributed by atoms with E-state index in [0.717, 1.165) is 17.5 Å². The summed E-state index contributed by atoms with van der Waals surface area (Å²) in [5.41, 5.74) is 1.70. The van der Waals surface area contributed by atoms with Crippen LogP contribution in [0.2, 0.25) is 5.02 Å². The highest BCUT2D eigenvalue weighted by Crippen LogP contribution is 2.26. The molecule has 0 aliphatic carbocycles. The number of nitrogens with one attached hydrogen (secondary N) is 1. The van der Waals surface area contributed by atoms with Gasteiger partial charge in [-0.25, -0.2) is 0 Å². The van der Waals surface area contributed by atoms with Crippen molar-refractivity contribution in [1.82, 2.24) is 10.2 Å². The highest BCUT2D eigenvalue weighted by molar-refractivity contribution is 6.31. The van der Waals surface area contributed by atoms with Crippen LogP contribution in [0, 0.1) is 0 Å². The summed E-state index contributed by atoms with van der Waals surface area (Å²) in [7, 11) is 1.54. The van der Waals surface area contributed by atoms with Crippen LogP contribution in [0.4, 0.5) is 0 Å². The number of methoxy groups -OCH3 is 1. The zero-order valence-electron chi connectivity index (χ0n) is 20.9. The number of hydrogen-bond acceptors (Lipinski definition) is 4. The van der Waals surface area contributed by atoms with Gasteiger partial charge in [0, 0.05) is 24.0 Å². The van der Waals surface area contributed by atoms with Gasteiger partial charge >= 0.3 is 0 Å². The van der Waals surface area contributed by atoms with E-state index in [-0.39, 0.29) is 31.0 Å². The van der Waals surface area contributed by atoms with Crippen molar-refractivity contribution in [3.8, 4) is 11.5 Å². The fraction of sp³-hybridized carbons (Fsp3) is 0.310. The molecule has 7 heteroatoms. The summed E-state index contributed by atoms with van der Waals surface area (Å²) >= 11 is 6.45. The van der Waals surface area contributed by atoms with Crippen molar-refractivity contribution >= 4 is 23.4 Å². The fourth-order valence-electron chi connectivity index (χ4n) is 3.77. The molecule has 0 saturated carbocycles. The molecule has 0 spiro atoms. The molecule has 190 valence electrons. The summed E-state index contributed by atoms with van der Waals surface area (Å²) in [4.78, 5) is 28.7. The van der Waals surface area contributed by atoms with E-state index in [0.29, 0.717) is 22.9 Å². The second kappa shape index (κ2) is 13.5. The number of benzene rings is 3. The molecule has 3 rings (SSSR count). The molecule has 0 aromatic heterocycles. The molecule has 6 nitrogen and oxygen atoms in total. The van der Waals surface area contributed by atoms with Gasteiger partial charge in [0.15, 0.2) is 18.1 Å². The Morgan fingerprint density at radius 1 is 0.944 bits per heavy atom. The van der Waals surface area contributed by atoms with Crippen LogP contribution in [0.25, 0.3) is 0 Å². The topological polar surface area (TPSA) is 67.9 Å². The lowest BCUT2D eigenvalue weighted by atomic mass is 10.0. The maximum Gasteiger partial charge on any atom is 0.261 e. The number of ether oxygens (including phenoxy) is 2. The first-order chi connectivity index (χ1) is 17.4. The number of halogens is 1. The molecule has 36 heavy (non-hydrogen) atoms. The second-order valence-electron chi connectivity index (χ2n) is 8.58. The second-order valence-corrected chi connectivity index (χ2v) is 8.98. The Morgan fingerprint density at radius 3 is 2.25 bits per heavy atom. The van der Waals surface area contributed by atoms with Gasteiger partial charge < -0.3 is 19.7 Å². The molecule has 2 amide bonds. The number of carbonyl (C=O) groups excluding carboxylic acids is 2. The van der Waals surface area contributed by atoms with Crippen LogP contribution in [-0.4, -0.2) is 42.5 Å². The fourth-order valence-corrected chi connectivity index (χ4v) is 3.96. The number of carbonyl (C=O) groups is 2. The molecule has 0 radical (unpaired) electrons. The van der Waals surface area contributed by atoms with Crippen molar-refractivity contribution in [2.75, 3.05) is 13.7 Å². The number of nitrogens with zero attached hydrogens (tertiary/aromatic N) is 1. The molecule has 2 unspecified atom stereocenters. The molecule has 0 bridgehead atoms. The summed E-state index contributed by atoms with van der Waals surface area (Å²) in [5, 5.41) is 3.58. The van der Waals surface area contributed by atoms with Gasteiger partial charge in [-0.15, -0.1) is 0 Å². The lowest BCUT2D eigenvalue weighted by Crippen LogP contribution is -2.53. The number of rotatable bonds is 12. The summed E-state index contributed by atoms with van der Waals surface area (Å²) in [6.07, 6.45) is 1.13. The average molecular weight is 509 g/mol. The zero-order chi connectivity index (χ0) is 25.9. The Kier molecular flexibility index (Phi) is 10.2. The minimum atomic E-state index is -0.758. The van der Waals surface area contributed by atoms with Gasteiger partial charge in [0.25, 0.3) is 5.91 Å². The third-order valence-corrected chi connectivity index (χ3v) is 6.36. The molecule has 0 saturated heterocycles. The summed E-state index contributed by atoms with van der Waals surface area (Å²) in [5.74, 6) is 0.431. The van der Waals surface area contributed by atoms with E-state index in [1.54, 1.807) is 30.2 Å². The third-order valence-electron chi connectivity index (χ3n) is 5.99. The van der Waals surface area contributed by atoms with Crippen molar-refractivity contribution in [1.29, 1.82) is 0 Å². The van der Waals surface area contributed by atoms with Gasteiger partial charge in [-0.1, -0.05) is 79.2 Å². The Morgan fingerprint density at radius 2 is 1.58 bits per heavy atom. The van der Waals surface area contributed by atoms with Crippen molar-refractivity contribution in [3.05, 3.63) is 95.0 Å². The van der Waals surface area contributed by atoms with Gasteiger partial charge in [0.2, 0.25) is 5.91 Å². The smallest absolute Gasteiger partial charge is 0.261 e. The predicted octanol–water partition coefficient (Wildman–Crippen LogP) is 5.28. The van der Waals surface area contributed by atoms with E-state index in [9.17, 15) is 9.59 Å². The van der Waals surface area contributed by atoms with Gasteiger partial charge in [-0.3, -0.25) is 9.59 Å². The summed E-state index contributed by atoms with van der Waals surface area (Å²) < 4.78 is 11.2. The van der Waals surface area contributed by atoms with Gasteiger partial charge in [0.05, 0.1) is 7.11 Å². The standard InChI is InChI=1S/C29H33ClN2O4/c1-4-21(2)31-29(34)25(18-22-12-6-5-7-13-22)32(19-23-14-8-9-15-24(23)30)28(33)20-36-27-17-11-10-16-26(27)35-3/h5-17,21,25H,4,18-20H2,1-3H3,(H,31,34). The van der Waals surface area contributed by atoms with Crippen molar-refractivity contribution in [2.24, 2.45) is 0 Å². The molecular formula is C29H33ClN2O4. The van der Waals surface area contributed by atoms with Crippen molar-refractivity contribution < 1.29 is 19.1 Å². The van der Waals surface area contributed by atoms with E-state index in [1.807, 2.05) is 74.5 Å². The Balaban J connectivity index is 1.94. The molecule has 1 N–H and O–H groups in total. The molecular weight excluding hydrogens is 476 g/mol. The van der Waals surface area contributed by atoms with E-state index in [1.165, 1.54) is 0 Å². The number of hydrogen-bond donors (Lipinski definition) is 1. The maximum absolute atomic E-state index is 13.7. The van der Waals surface area contributed by atoms with E-state index in [4.69, 9.17) is 21.1 Å². The Hall–Kier alpha value is -3.51. The van der Waals surface area contributed by atoms with Gasteiger partial charge in [-0.05, 0) is 42.7 Å². The molecule has 0 aliphatic rings. The number of para-hydroxylation sites is 2. The Bertz CT molecular complexity index is 1140. The van der Waals surface area contributed by atoms with Crippen molar-refractivity contribution in [3.63, 3.8) is 0 Å². The van der Waals surface area contributed by atoms with E-state index >= 15 is 0 Å². The quantitative estimate of drug-likeness (QED) is 0.361. The predicted molar refractivity (Wildman–Crippen MR) is 142 cm³/mol. The summed E-state index contributed by atoms with van der Waals surface area (Å²) in [6.45, 7) is 3.86. The van der Waals surface area contributed by atoms with E-state index in [2.05, 4.69) is 5.32 Å². The van der Waals surface area contributed by atoms with Crippen LogP contribution in [0.15, 0.2) is 78.9 Å². The Labute approximate surface area is 218 Å². The van der Waals surface area contributed by atoms with Gasteiger partial charge in [-0.2, -0.15) is 0 Å². The zero-order valence-corrected chi connectivity index (χ0v) is 21.7. The maximum atomic E-state index is 13.7. The minimum absolute atomic E-state index is 0.0298. The van der Waals surface area contributed by atoms with Crippen LogP contribution < -0.4 is 14.8 Å². The first kappa shape index (κ1) is 27.1. The molecule has 3 aromatic carbocycles. The largest absolute Gasteiger partial charge is 0.493 e. The molecule has 0 heterocycles. The lowest BCUT2D eigenvalue weighted by molar-refractivity contribution is -0.143. The third kappa shape index (κ3) is 7.49. The highest BCUT2D eigenvalue weighted by Gasteiger charge is 2.31. The van der Waals surface area contributed by atoms with Crippen LogP contribution in [0.5, 0.6) is 11.5 Å². The molecule has 2 atom stereocenters. The summed E-state index contributed by atoms with van der Waals surface area (Å²) in [6, 6.07) is 23.3.